The zero-order chi connectivity index (χ0) is 18.0. The van der Waals surface area contributed by atoms with E-state index >= 15 is 0 Å². The molecule has 0 spiro atoms. The number of sulfonamides is 1. The second kappa shape index (κ2) is 6.95. The molecule has 1 fully saturated rings. The predicted molar refractivity (Wildman–Crippen MR) is 96.8 cm³/mol. The van der Waals surface area contributed by atoms with Gasteiger partial charge in [-0.05, 0) is 55.2 Å². The highest BCUT2D eigenvalue weighted by Crippen LogP contribution is 2.25. The Hall–Kier alpha value is -2.22. The average molecular weight is 359 g/mol. The van der Waals surface area contributed by atoms with E-state index in [1.165, 1.54) is 6.07 Å². The van der Waals surface area contributed by atoms with E-state index in [2.05, 4.69) is 10.0 Å². The summed E-state index contributed by atoms with van der Waals surface area (Å²) in [6.07, 6.45) is 1.73. The second-order valence-electron chi connectivity index (χ2n) is 6.23. The molecule has 132 valence electrons. The number of benzene rings is 2. The van der Waals surface area contributed by atoms with E-state index in [1.54, 1.807) is 37.3 Å². The van der Waals surface area contributed by atoms with E-state index < -0.39 is 10.0 Å². The zero-order valence-electron chi connectivity index (χ0n) is 14.0. The van der Waals surface area contributed by atoms with Crippen molar-refractivity contribution in [1.29, 1.82) is 0 Å². The Morgan fingerprint density at radius 3 is 2.64 bits per heavy atom. The summed E-state index contributed by atoms with van der Waals surface area (Å²) in [4.78, 5) is 12.6. The van der Waals surface area contributed by atoms with Crippen LogP contribution in [0.5, 0.6) is 0 Å². The number of nitrogens with two attached hydrogens (primary N) is 1. The maximum Gasteiger partial charge on any atom is 0.255 e. The Morgan fingerprint density at radius 2 is 1.96 bits per heavy atom. The van der Waals surface area contributed by atoms with E-state index in [0.717, 1.165) is 18.4 Å². The number of rotatable bonds is 6. The van der Waals surface area contributed by atoms with Crippen LogP contribution in [-0.4, -0.2) is 20.4 Å². The summed E-state index contributed by atoms with van der Waals surface area (Å²) in [6.45, 7) is 2.08. The lowest BCUT2D eigenvalue weighted by Gasteiger charge is -2.12. The molecule has 3 rings (SSSR count). The van der Waals surface area contributed by atoms with Gasteiger partial charge in [-0.1, -0.05) is 18.2 Å². The van der Waals surface area contributed by atoms with Gasteiger partial charge in [0, 0.05) is 23.8 Å². The molecule has 0 bridgehead atoms. The molecule has 1 amide bonds. The van der Waals surface area contributed by atoms with Crippen LogP contribution in [0.25, 0.3) is 0 Å². The van der Waals surface area contributed by atoms with Gasteiger partial charge in [-0.25, -0.2) is 13.1 Å². The summed E-state index contributed by atoms with van der Waals surface area (Å²) >= 11 is 0. The number of carbonyl (C=O) groups excluding carboxylic acids is 1. The molecule has 0 atom stereocenters. The van der Waals surface area contributed by atoms with Crippen molar-refractivity contribution >= 4 is 21.6 Å². The first-order valence-electron chi connectivity index (χ1n) is 8.12. The van der Waals surface area contributed by atoms with Crippen LogP contribution in [0.1, 0.15) is 34.3 Å². The van der Waals surface area contributed by atoms with E-state index in [1.807, 2.05) is 6.07 Å². The smallest absolute Gasteiger partial charge is 0.255 e. The Bertz CT molecular complexity index is 906. The van der Waals surface area contributed by atoms with Gasteiger partial charge in [0.25, 0.3) is 5.91 Å². The highest BCUT2D eigenvalue weighted by atomic mass is 32.2. The zero-order valence-corrected chi connectivity index (χ0v) is 14.8. The van der Waals surface area contributed by atoms with Gasteiger partial charge < -0.3 is 11.1 Å². The highest BCUT2D eigenvalue weighted by Gasteiger charge is 2.29. The molecule has 1 saturated carbocycles. The van der Waals surface area contributed by atoms with Crippen LogP contribution in [0, 0.1) is 6.92 Å². The fourth-order valence-electron chi connectivity index (χ4n) is 2.49. The van der Waals surface area contributed by atoms with Gasteiger partial charge in [0.15, 0.2) is 0 Å². The summed E-state index contributed by atoms with van der Waals surface area (Å²) in [6, 6.07) is 11.9. The first-order chi connectivity index (χ1) is 11.9. The second-order valence-corrected chi connectivity index (χ2v) is 7.92. The van der Waals surface area contributed by atoms with Crippen LogP contribution >= 0.6 is 0 Å². The number of nitrogens with one attached hydrogen (secondary N) is 2. The molecule has 2 aromatic rings. The van der Waals surface area contributed by atoms with Gasteiger partial charge in [0.05, 0.1) is 4.90 Å². The number of aryl methyl sites for hydroxylation is 1. The van der Waals surface area contributed by atoms with Crippen molar-refractivity contribution in [3.8, 4) is 0 Å². The molecule has 2 aromatic carbocycles. The van der Waals surface area contributed by atoms with Crippen LogP contribution in [0.3, 0.4) is 0 Å². The van der Waals surface area contributed by atoms with Gasteiger partial charge in [-0.15, -0.1) is 0 Å². The van der Waals surface area contributed by atoms with Crippen LogP contribution in [0.15, 0.2) is 47.4 Å². The minimum absolute atomic E-state index is 0.0293. The van der Waals surface area contributed by atoms with Crippen molar-refractivity contribution < 1.29 is 13.2 Å². The monoisotopic (exact) mass is 359 g/mol. The summed E-state index contributed by atoms with van der Waals surface area (Å²) in [7, 11) is -3.58. The molecule has 25 heavy (non-hydrogen) atoms. The predicted octanol–water partition coefficient (Wildman–Crippen LogP) is 2.15. The van der Waals surface area contributed by atoms with Crippen LogP contribution < -0.4 is 15.8 Å². The number of hydrogen-bond donors (Lipinski definition) is 3. The molecule has 0 aliphatic heterocycles. The van der Waals surface area contributed by atoms with Crippen LogP contribution in [0.2, 0.25) is 0 Å². The van der Waals surface area contributed by atoms with Crippen LogP contribution in [0.4, 0.5) is 5.69 Å². The van der Waals surface area contributed by atoms with Crippen molar-refractivity contribution in [2.75, 3.05) is 5.32 Å². The van der Waals surface area contributed by atoms with Crippen molar-refractivity contribution in [2.24, 2.45) is 5.73 Å². The summed E-state index contributed by atoms with van der Waals surface area (Å²) < 4.78 is 27.6. The minimum Gasteiger partial charge on any atom is -0.326 e. The van der Waals surface area contributed by atoms with Crippen LogP contribution in [-0.2, 0) is 16.6 Å². The van der Waals surface area contributed by atoms with Crippen molar-refractivity contribution in [2.45, 2.75) is 37.2 Å². The summed E-state index contributed by atoms with van der Waals surface area (Å²) in [5, 5.41) is 2.75. The number of anilines is 1. The highest BCUT2D eigenvalue weighted by molar-refractivity contribution is 7.89. The Balaban J connectivity index is 1.83. The molecule has 1 aliphatic rings. The topological polar surface area (TPSA) is 101 Å². The largest absolute Gasteiger partial charge is 0.326 e. The third kappa shape index (κ3) is 4.25. The lowest BCUT2D eigenvalue weighted by atomic mass is 10.1. The van der Waals surface area contributed by atoms with Gasteiger partial charge in [0.2, 0.25) is 10.0 Å². The molecule has 0 aromatic heterocycles. The van der Waals surface area contributed by atoms with Gasteiger partial charge in [0.1, 0.15) is 0 Å². The maximum absolute atomic E-state index is 12.5. The molecule has 1 aliphatic carbocycles. The third-order valence-electron chi connectivity index (χ3n) is 4.06. The molecular formula is C18H21N3O3S. The van der Waals surface area contributed by atoms with Gasteiger partial charge in [-0.3, -0.25) is 4.79 Å². The molecule has 6 nitrogen and oxygen atoms in total. The molecule has 7 heteroatoms. The van der Waals surface area contributed by atoms with Gasteiger partial charge in [-0.2, -0.15) is 0 Å². The van der Waals surface area contributed by atoms with Crippen molar-refractivity contribution in [3.05, 3.63) is 59.2 Å². The van der Waals surface area contributed by atoms with E-state index in [4.69, 9.17) is 5.73 Å². The SMILES string of the molecule is Cc1ccc(NC(=O)c2cccc(CN)c2)cc1S(=O)(=O)NC1CC1. The third-order valence-corrected chi connectivity index (χ3v) is 5.72. The first kappa shape index (κ1) is 17.6. The summed E-state index contributed by atoms with van der Waals surface area (Å²) in [5.74, 6) is -0.308. The van der Waals surface area contributed by atoms with Crippen molar-refractivity contribution in [3.63, 3.8) is 0 Å². The van der Waals surface area contributed by atoms with E-state index in [9.17, 15) is 13.2 Å². The lowest BCUT2D eigenvalue weighted by molar-refractivity contribution is 0.102. The number of amides is 1. The quantitative estimate of drug-likeness (QED) is 0.735. The van der Waals surface area contributed by atoms with Gasteiger partial charge >= 0.3 is 0 Å². The minimum atomic E-state index is -3.58. The summed E-state index contributed by atoms with van der Waals surface area (Å²) in [5.41, 5.74) is 8.00. The average Bonchev–Trinajstić information content (AvgIpc) is 3.39. The standard InChI is InChI=1S/C18H21N3O3S/c1-12-5-6-16(10-17(12)25(23,24)21-15-7-8-15)20-18(22)14-4-2-3-13(9-14)11-19/h2-6,9-10,15,21H,7-8,11,19H2,1H3,(H,20,22). The molecule has 4 N–H and O–H groups in total. The Morgan fingerprint density at radius 1 is 1.20 bits per heavy atom. The molecule has 0 heterocycles. The maximum atomic E-state index is 12.5. The van der Waals surface area contributed by atoms with E-state index in [0.29, 0.717) is 23.4 Å². The lowest BCUT2D eigenvalue weighted by Crippen LogP contribution is -2.26. The molecular weight excluding hydrogens is 338 g/mol. The fourth-order valence-corrected chi connectivity index (χ4v) is 4.07. The first-order valence-corrected chi connectivity index (χ1v) is 9.61. The Labute approximate surface area is 147 Å². The van der Waals surface area contributed by atoms with Crippen molar-refractivity contribution in [1.82, 2.24) is 4.72 Å². The number of hydrogen-bond acceptors (Lipinski definition) is 4. The molecule has 0 radical (unpaired) electrons. The van der Waals surface area contributed by atoms with E-state index in [-0.39, 0.29) is 16.8 Å². The normalized spacial score (nSPS) is 14.3. The molecule has 0 unspecified atom stereocenters. The fraction of sp³-hybridized carbons (Fsp3) is 0.278. The number of carbonyl (C=O) groups is 1. The Kier molecular flexibility index (Phi) is 4.89. The molecule has 0 saturated heterocycles.